The predicted molar refractivity (Wildman–Crippen MR) is 66.7 cm³/mol. The summed E-state index contributed by atoms with van der Waals surface area (Å²) in [5, 5.41) is 6.70. The van der Waals surface area contributed by atoms with Crippen LogP contribution < -0.4 is 5.32 Å². The molecule has 16 heavy (non-hydrogen) atoms. The number of aromatic nitrogens is 1. The van der Waals surface area contributed by atoms with Crippen molar-refractivity contribution in [1.29, 1.82) is 0 Å². The molecule has 2 atom stereocenters. The molecule has 3 nitrogen and oxygen atoms in total. The molecule has 0 aliphatic carbocycles. The number of hydrogen-bond acceptors (Lipinski definition) is 4. The van der Waals surface area contributed by atoms with Gasteiger partial charge in [0, 0.05) is 18.2 Å². The van der Waals surface area contributed by atoms with Crippen LogP contribution in [0.25, 0.3) is 0 Å². The van der Waals surface area contributed by atoms with Crippen LogP contribution in [0.1, 0.15) is 43.7 Å². The van der Waals surface area contributed by atoms with E-state index in [-0.39, 0.29) is 0 Å². The first kappa shape index (κ1) is 12.0. The third kappa shape index (κ3) is 3.54. The van der Waals surface area contributed by atoms with Gasteiger partial charge >= 0.3 is 0 Å². The average Bonchev–Trinajstić information content (AvgIpc) is 2.84. The number of hydrogen-bond donors (Lipinski definition) is 1. The van der Waals surface area contributed by atoms with Crippen molar-refractivity contribution < 1.29 is 4.74 Å². The molecule has 2 heterocycles. The van der Waals surface area contributed by atoms with Crippen molar-refractivity contribution in [2.75, 3.05) is 13.2 Å². The first-order valence-electron chi connectivity index (χ1n) is 6.10. The van der Waals surface area contributed by atoms with Crippen LogP contribution in [0.2, 0.25) is 0 Å². The largest absolute Gasteiger partial charge is 0.378 e. The Balaban J connectivity index is 1.63. The van der Waals surface area contributed by atoms with Crippen LogP contribution in [0, 0.1) is 0 Å². The first-order chi connectivity index (χ1) is 7.86. The van der Waals surface area contributed by atoms with Gasteiger partial charge in [0.1, 0.15) is 5.01 Å². The van der Waals surface area contributed by atoms with E-state index in [1.165, 1.54) is 24.3 Å². The van der Waals surface area contributed by atoms with E-state index in [0.717, 1.165) is 19.6 Å². The maximum Gasteiger partial charge on any atom is 0.109 e. The minimum absolute atomic E-state index is 0.364. The van der Waals surface area contributed by atoms with Crippen LogP contribution in [-0.4, -0.2) is 24.2 Å². The SMILES string of the molecule is CC(NCCC1CCCCO1)c1nccs1. The van der Waals surface area contributed by atoms with Crippen LogP contribution in [0.5, 0.6) is 0 Å². The van der Waals surface area contributed by atoms with Gasteiger partial charge in [-0.3, -0.25) is 0 Å². The van der Waals surface area contributed by atoms with Gasteiger partial charge in [-0.25, -0.2) is 4.98 Å². The molecule has 0 aromatic carbocycles. The van der Waals surface area contributed by atoms with Crippen LogP contribution in [0.4, 0.5) is 0 Å². The number of rotatable bonds is 5. The quantitative estimate of drug-likeness (QED) is 0.859. The van der Waals surface area contributed by atoms with E-state index >= 15 is 0 Å². The molecule has 1 aromatic rings. The molecule has 1 aromatic heterocycles. The maximum absolute atomic E-state index is 5.70. The predicted octanol–water partition coefficient (Wildman–Crippen LogP) is 2.75. The highest BCUT2D eigenvalue weighted by molar-refractivity contribution is 7.09. The molecule has 1 aliphatic heterocycles. The smallest absolute Gasteiger partial charge is 0.109 e. The van der Waals surface area contributed by atoms with Gasteiger partial charge in [-0.2, -0.15) is 0 Å². The Labute approximate surface area is 101 Å². The summed E-state index contributed by atoms with van der Waals surface area (Å²) >= 11 is 1.71. The van der Waals surface area contributed by atoms with E-state index in [2.05, 4.69) is 17.2 Å². The fourth-order valence-electron chi connectivity index (χ4n) is 2.03. The summed E-state index contributed by atoms with van der Waals surface area (Å²) in [5.41, 5.74) is 0. The lowest BCUT2D eigenvalue weighted by molar-refractivity contribution is 0.0112. The molecule has 0 bridgehead atoms. The van der Waals surface area contributed by atoms with Gasteiger partial charge in [0.15, 0.2) is 0 Å². The van der Waals surface area contributed by atoms with Crippen molar-refractivity contribution in [3.63, 3.8) is 0 Å². The normalized spacial score (nSPS) is 23.2. The monoisotopic (exact) mass is 240 g/mol. The summed E-state index contributed by atoms with van der Waals surface area (Å²) < 4.78 is 5.70. The Hall–Kier alpha value is -0.450. The Morgan fingerprint density at radius 3 is 3.25 bits per heavy atom. The van der Waals surface area contributed by atoms with Crippen LogP contribution in [0.3, 0.4) is 0 Å². The van der Waals surface area contributed by atoms with Crippen LogP contribution >= 0.6 is 11.3 Å². The van der Waals surface area contributed by atoms with Crippen molar-refractivity contribution in [2.45, 2.75) is 44.8 Å². The Kier molecular flexibility index (Phi) is 4.75. The Morgan fingerprint density at radius 1 is 1.62 bits per heavy atom. The lowest BCUT2D eigenvalue weighted by Crippen LogP contribution is -2.26. The van der Waals surface area contributed by atoms with E-state index < -0.39 is 0 Å². The molecule has 90 valence electrons. The third-order valence-electron chi connectivity index (χ3n) is 3.01. The summed E-state index contributed by atoms with van der Waals surface area (Å²) in [4.78, 5) is 4.31. The van der Waals surface area contributed by atoms with Crippen molar-refractivity contribution in [2.24, 2.45) is 0 Å². The summed E-state index contributed by atoms with van der Waals surface area (Å²) in [6.07, 6.45) is 7.25. The third-order valence-corrected chi connectivity index (χ3v) is 3.97. The molecule has 0 amide bonds. The van der Waals surface area contributed by atoms with Gasteiger partial charge in [-0.15, -0.1) is 11.3 Å². The Bertz CT molecular complexity index is 283. The zero-order valence-corrected chi connectivity index (χ0v) is 10.6. The van der Waals surface area contributed by atoms with E-state index in [1.807, 2.05) is 11.6 Å². The van der Waals surface area contributed by atoms with Crippen LogP contribution in [-0.2, 0) is 4.74 Å². The van der Waals surface area contributed by atoms with Crippen molar-refractivity contribution in [1.82, 2.24) is 10.3 Å². The summed E-state index contributed by atoms with van der Waals surface area (Å²) in [7, 11) is 0. The minimum atomic E-state index is 0.364. The molecule has 0 saturated carbocycles. The van der Waals surface area contributed by atoms with Crippen molar-refractivity contribution in [3.05, 3.63) is 16.6 Å². The second-order valence-electron chi connectivity index (χ2n) is 4.32. The Morgan fingerprint density at radius 2 is 2.56 bits per heavy atom. The van der Waals surface area contributed by atoms with Crippen LogP contribution in [0.15, 0.2) is 11.6 Å². The zero-order chi connectivity index (χ0) is 11.2. The van der Waals surface area contributed by atoms with E-state index in [0.29, 0.717) is 12.1 Å². The highest BCUT2D eigenvalue weighted by Crippen LogP contribution is 2.17. The van der Waals surface area contributed by atoms with Gasteiger partial charge in [0.2, 0.25) is 0 Å². The average molecular weight is 240 g/mol. The maximum atomic E-state index is 5.70. The van der Waals surface area contributed by atoms with E-state index in [4.69, 9.17) is 4.74 Å². The molecule has 4 heteroatoms. The second kappa shape index (κ2) is 6.33. The fourth-order valence-corrected chi connectivity index (χ4v) is 2.70. The van der Waals surface area contributed by atoms with E-state index in [9.17, 15) is 0 Å². The van der Waals surface area contributed by atoms with Gasteiger partial charge in [-0.1, -0.05) is 0 Å². The van der Waals surface area contributed by atoms with Gasteiger partial charge in [0.25, 0.3) is 0 Å². The zero-order valence-electron chi connectivity index (χ0n) is 9.82. The topological polar surface area (TPSA) is 34.1 Å². The lowest BCUT2D eigenvalue weighted by atomic mass is 10.1. The number of nitrogens with one attached hydrogen (secondary N) is 1. The van der Waals surface area contributed by atoms with Crippen molar-refractivity contribution >= 4 is 11.3 Å². The molecular weight excluding hydrogens is 220 g/mol. The van der Waals surface area contributed by atoms with E-state index in [1.54, 1.807) is 11.3 Å². The fraction of sp³-hybridized carbons (Fsp3) is 0.750. The molecule has 2 unspecified atom stereocenters. The summed E-state index contributed by atoms with van der Waals surface area (Å²) in [6.45, 7) is 4.14. The number of ether oxygens (including phenoxy) is 1. The van der Waals surface area contributed by atoms with Crippen molar-refractivity contribution in [3.8, 4) is 0 Å². The highest BCUT2D eigenvalue weighted by Gasteiger charge is 2.14. The van der Waals surface area contributed by atoms with Gasteiger partial charge in [-0.05, 0) is 39.2 Å². The second-order valence-corrected chi connectivity index (χ2v) is 5.25. The molecule has 0 spiro atoms. The summed E-state index contributed by atoms with van der Waals surface area (Å²) in [5.74, 6) is 0. The molecule has 1 N–H and O–H groups in total. The molecular formula is C12H20N2OS. The molecule has 1 aliphatic rings. The van der Waals surface area contributed by atoms with Gasteiger partial charge in [0.05, 0.1) is 12.1 Å². The standard InChI is InChI=1S/C12H20N2OS/c1-10(12-14-7-9-16-12)13-6-5-11-4-2-3-8-15-11/h7,9-11,13H,2-6,8H2,1H3. The van der Waals surface area contributed by atoms with Gasteiger partial charge < -0.3 is 10.1 Å². The first-order valence-corrected chi connectivity index (χ1v) is 6.98. The highest BCUT2D eigenvalue weighted by atomic mass is 32.1. The molecule has 1 fully saturated rings. The molecule has 0 radical (unpaired) electrons. The molecule has 1 saturated heterocycles. The summed E-state index contributed by atoms with van der Waals surface area (Å²) in [6, 6.07) is 0.364. The number of thiazole rings is 1. The number of nitrogens with zero attached hydrogens (tertiary/aromatic N) is 1. The lowest BCUT2D eigenvalue weighted by Gasteiger charge is -2.23. The minimum Gasteiger partial charge on any atom is -0.378 e. The molecule has 2 rings (SSSR count).